The lowest BCUT2D eigenvalue weighted by Crippen LogP contribution is -2.36. The summed E-state index contributed by atoms with van der Waals surface area (Å²) in [6.45, 7) is 1.91. The van der Waals surface area contributed by atoms with Gasteiger partial charge in [0.2, 0.25) is 10.0 Å². The lowest BCUT2D eigenvalue weighted by atomic mass is 10.2. The summed E-state index contributed by atoms with van der Waals surface area (Å²) in [5.74, 6) is -2.62. The molecular formula is C22H22FN3O5S. The third-order valence-electron chi connectivity index (χ3n) is 5.06. The van der Waals surface area contributed by atoms with Crippen molar-refractivity contribution >= 4 is 27.6 Å². The Labute approximate surface area is 185 Å². The average molecular weight is 459 g/mol. The number of piperidine rings is 1. The fourth-order valence-corrected chi connectivity index (χ4v) is 4.89. The van der Waals surface area contributed by atoms with Gasteiger partial charge in [-0.3, -0.25) is 4.79 Å². The van der Waals surface area contributed by atoms with Crippen LogP contribution in [0, 0.1) is 17.1 Å². The van der Waals surface area contributed by atoms with Crippen molar-refractivity contribution in [2.45, 2.75) is 37.2 Å². The molecule has 32 heavy (non-hydrogen) atoms. The maximum Gasteiger partial charge on any atom is 0.338 e. The van der Waals surface area contributed by atoms with E-state index >= 15 is 0 Å². The maximum atomic E-state index is 14.3. The first-order valence-corrected chi connectivity index (χ1v) is 11.5. The highest BCUT2D eigenvalue weighted by molar-refractivity contribution is 7.89. The van der Waals surface area contributed by atoms with Gasteiger partial charge >= 0.3 is 5.97 Å². The summed E-state index contributed by atoms with van der Waals surface area (Å²) in [6.07, 6.45) is 1.02. The quantitative estimate of drug-likeness (QED) is 0.664. The number of esters is 1. The van der Waals surface area contributed by atoms with Gasteiger partial charge in [0.25, 0.3) is 5.91 Å². The van der Waals surface area contributed by atoms with Crippen molar-refractivity contribution in [2.24, 2.45) is 0 Å². The Hall–Kier alpha value is -3.29. The van der Waals surface area contributed by atoms with Crippen molar-refractivity contribution in [1.82, 2.24) is 4.31 Å². The first-order valence-electron chi connectivity index (χ1n) is 10.0. The van der Waals surface area contributed by atoms with Crippen LogP contribution >= 0.6 is 0 Å². The molecular weight excluding hydrogens is 437 g/mol. The van der Waals surface area contributed by atoms with Crippen LogP contribution in [-0.2, 0) is 19.6 Å². The van der Waals surface area contributed by atoms with E-state index in [0.717, 1.165) is 24.6 Å². The lowest BCUT2D eigenvalue weighted by molar-refractivity contribution is -0.123. The summed E-state index contributed by atoms with van der Waals surface area (Å²) in [4.78, 5) is 24.3. The number of carbonyl (C=O) groups is 2. The minimum atomic E-state index is -4.10. The molecule has 0 aliphatic carbocycles. The summed E-state index contributed by atoms with van der Waals surface area (Å²) < 4.78 is 46.3. The standard InChI is InChI=1S/C22H22FN3O5S/c1-15(21(27)25-19-8-4-3-7-17(19)14-24)31-22(28)16-9-10-18(23)20(13-16)32(29,30)26-11-5-2-6-12-26/h3-4,7-10,13,15H,2,5-6,11-12H2,1H3,(H,25,27)/t15-/m1/s1. The zero-order valence-corrected chi connectivity index (χ0v) is 18.2. The zero-order valence-electron chi connectivity index (χ0n) is 17.4. The summed E-state index contributed by atoms with van der Waals surface area (Å²) >= 11 is 0. The van der Waals surface area contributed by atoms with Crippen LogP contribution in [0.25, 0.3) is 0 Å². The molecule has 1 heterocycles. The third kappa shape index (κ3) is 5.12. The first kappa shape index (κ1) is 23.4. The Kier molecular flexibility index (Phi) is 7.22. The molecule has 1 amide bonds. The highest BCUT2D eigenvalue weighted by atomic mass is 32.2. The van der Waals surface area contributed by atoms with Crippen molar-refractivity contribution in [2.75, 3.05) is 18.4 Å². The molecule has 10 heteroatoms. The minimum Gasteiger partial charge on any atom is -0.449 e. The van der Waals surface area contributed by atoms with Gasteiger partial charge in [-0.1, -0.05) is 18.6 Å². The van der Waals surface area contributed by atoms with Gasteiger partial charge in [0.15, 0.2) is 6.10 Å². The number of rotatable bonds is 6. The molecule has 8 nitrogen and oxygen atoms in total. The molecule has 1 N–H and O–H groups in total. The number of ether oxygens (including phenoxy) is 1. The second-order valence-electron chi connectivity index (χ2n) is 7.30. The molecule has 0 spiro atoms. The van der Waals surface area contributed by atoms with E-state index in [1.807, 2.05) is 6.07 Å². The Balaban J connectivity index is 1.74. The van der Waals surface area contributed by atoms with Crippen molar-refractivity contribution in [3.05, 3.63) is 59.4 Å². The largest absolute Gasteiger partial charge is 0.449 e. The van der Waals surface area contributed by atoms with Gasteiger partial charge in [-0.25, -0.2) is 17.6 Å². The first-order chi connectivity index (χ1) is 15.2. The van der Waals surface area contributed by atoms with Gasteiger partial charge in [-0.15, -0.1) is 0 Å². The molecule has 0 saturated carbocycles. The molecule has 0 unspecified atom stereocenters. The smallest absolute Gasteiger partial charge is 0.338 e. The monoisotopic (exact) mass is 459 g/mol. The summed E-state index contributed by atoms with van der Waals surface area (Å²) in [6, 6.07) is 11.2. The van der Waals surface area contributed by atoms with Gasteiger partial charge in [0.05, 0.1) is 16.8 Å². The number of nitriles is 1. The molecule has 0 aromatic heterocycles. The predicted molar refractivity (Wildman–Crippen MR) is 114 cm³/mol. The number of nitrogens with one attached hydrogen (secondary N) is 1. The van der Waals surface area contributed by atoms with E-state index in [9.17, 15) is 22.4 Å². The van der Waals surface area contributed by atoms with Crippen LogP contribution in [0.15, 0.2) is 47.4 Å². The predicted octanol–water partition coefficient (Wildman–Crippen LogP) is 3.06. The van der Waals surface area contributed by atoms with E-state index in [4.69, 9.17) is 10.00 Å². The lowest BCUT2D eigenvalue weighted by Gasteiger charge is -2.26. The van der Waals surface area contributed by atoms with Crippen LogP contribution in [0.5, 0.6) is 0 Å². The second kappa shape index (κ2) is 9.89. The Bertz CT molecular complexity index is 1170. The maximum absolute atomic E-state index is 14.3. The van der Waals surface area contributed by atoms with Crippen molar-refractivity contribution in [3.8, 4) is 6.07 Å². The molecule has 1 fully saturated rings. The second-order valence-corrected chi connectivity index (χ2v) is 9.21. The fraction of sp³-hybridized carbons (Fsp3) is 0.318. The number of para-hydroxylation sites is 1. The molecule has 168 valence electrons. The van der Waals surface area contributed by atoms with E-state index < -0.39 is 38.7 Å². The van der Waals surface area contributed by atoms with Crippen LogP contribution in [0.2, 0.25) is 0 Å². The van der Waals surface area contributed by atoms with Crippen molar-refractivity contribution in [1.29, 1.82) is 5.26 Å². The van der Waals surface area contributed by atoms with Gasteiger partial charge in [0.1, 0.15) is 16.8 Å². The molecule has 0 radical (unpaired) electrons. The van der Waals surface area contributed by atoms with E-state index in [2.05, 4.69) is 5.32 Å². The van der Waals surface area contributed by atoms with Crippen LogP contribution in [0.3, 0.4) is 0 Å². The number of hydrogen-bond donors (Lipinski definition) is 1. The number of hydrogen-bond acceptors (Lipinski definition) is 6. The Morgan fingerprint density at radius 3 is 2.53 bits per heavy atom. The SMILES string of the molecule is C[C@@H](OC(=O)c1ccc(F)c(S(=O)(=O)N2CCCCC2)c1)C(=O)Nc1ccccc1C#N. The highest BCUT2D eigenvalue weighted by Gasteiger charge is 2.30. The number of nitrogens with zero attached hydrogens (tertiary/aromatic N) is 2. The van der Waals surface area contributed by atoms with E-state index in [-0.39, 0.29) is 29.9 Å². The Morgan fingerprint density at radius 1 is 1.16 bits per heavy atom. The van der Waals surface area contributed by atoms with Gasteiger partial charge in [-0.2, -0.15) is 9.57 Å². The molecule has 0 bridgehead atoms. The normalized spacial score (nSPS) is 15.4. The summed E-state index contributed by atoms with van der Waals surface area (Å²) in [5.41, 5.74) is 0.309. The van der Waals surface area contributed by atoms with Gasteiger partial charge in [-0.05, 0) is 50.1 Å². The summed E-state index contributed by atoms with van der Waals surface area (Å²) in [5, 5.41) is 11.6. The summed E-state index contributed by atoms with van der Waals surface area (Å²) in [7, 11) is -4.10. The fourth-order valence-electron chi connectivity index (χ4n) is 3.28. The molecule has 1 aliphatic heterocycles. The van der Waals surface area contributed by atoms with Crippen LogP contribution in [0.4, 0.5) is 10.1 Å². The number of carbonyl (C=O) groups excluding carboxylic acids is 2. The number of halogens is 1. The van der Waals surface area contributed by atoms with Gasteiger partial charge < -0.3 is 10.1 Å². The molecule has 1 atom stereocenters. The average Bonchev–Trinajstić information content (AvgIpc) is 2.80. The number of benzene rings is 2. The molecule has 1 aliphatic rings. The molecule has 2 aromatic rings. The van der Waals surface area contributed by atoms with E-state index in [0.29, 0.717) is 12.8 Å². The minimum absolute atomic E-state index is 0.195. The van der Waals surface area contributed by atoms with Crippen LogP contribution in [0.1, 0.15) is 42.1 Å². The van der Waals surface area contributed by atoms with E-state index in [1.165, 1.54) is 23.4 Å². The number of sulfonamides is 1. The number of anilines is 1. The van der Waals surface area contributed by atoms with Crippen LogP contribution < -0.4 is 5.32 Å². The highest BCUT2D eigenvalue weighted by Crippen LogP contribution is 2.24. The van der Waals surface area contributed by atoms with E-state index in [1.54, 1.807) is 12.1 Å². The van der Waals surface area contributed by atoms with Crippen LogP contribution in [-0.4, -0.2) is 43.8 Å². The molecule has 1 saturated heterocycles. The molecule has 3 rings (SSSR count). The topological polar surface area (TPSA) is 117 Å². The third-order valence-corrected chi connectivity index (χ3v) is 6.97. The van der Waals surface area contributed by atoms with Crippen molar-refractivity contribution < 1.29 is 27.1 Å². The molecule has 2 aromatic carbocycles. The van der Waals surface area contributed by atoms with Gasteiger partial charge in [0, 0.05) is 13.1 Å². The van der Waals surface area contributed by atoms with Crippen molar-refractivity contribution in [3.63, 3.8) is 0 Å². The zero-order chi connectivity index (χ0) is 23.3. The number of amides is 1. The Morgan fingerprint density at radius 2 is 1.84 bits per heavy atom.